The molecule has 0 atom stereocenters. The van der Waals surface area contributed by atoms with Crippen LogP contribution in [-0.4, -0.2) is 62.6 Å². The highest BCUT2D eigenvalue weighted by Crippen LogP contribution is 2.32. The van der Waals surface area contributed by atoms with Crippen LogP contribution in [0.2, 0.25) is 5.02 Å². The van der Waals surface area contributed by atoms with Crippen molar-refractivity contribution in [1.29, 1.82) is 0 Å². The molecular weight excluding hydrogens is 470 g/mol. The van der Waals surface area contributed by atoms with E-state index in [4.69, 9.17) is 21.1 Å². The second-order valence-electron chi connectivity index (χ2n) is 7.66. The zero-order valence-corrected chi connectivity index (χ0v) is 19.9. The highest BCUT2D eigenvalue weighted by atomic mass is 35.5. The third-order valence-electron chi connectivity index (χ3n) is 5.58. The highest BCUT2D eigenvalue weighted by molar-refractivity contribution is 7.98. The molecule has 0 N–H and O–H groups in total. The molecule has 2 saturated heterocycles. The van der Waals surface area contributed by atoms with E-state index < -0.39 is 5.79 Å². The number of hydrogen-bond donors (Lipinski definition) is 0. The molecule has 0 aliphatic carbocycles. The number of halogens is 1. The molecule has 2 aliphatic rings. The lowest BCUT2D eigenvalue weighted by atomic mass is 10.0. The maximum atomic E-state index is 12.9. The van der Waals surface area contributed by atoms with E-state index in [1.807, 2.05) is 46.0 Å². The number of benzene rings is 1. The quantitative estimate of drug-likeness (QED) is 0.499. The molecule has 2 fully saturated rings. The molecule has 1 spiro atoms. The van der Waals surface area contributed by atoms with Gasteiger partial charge in [0, 0.05) is 36.3 Å². The molecule has 4 heterocycles. The van der Waals surface area contributed by atoms with Crippen LogP contribution in [0.4, 0.5) is 0 Å². The molecular formula is C21H22ClN5O3S2. The van der Waals surface area contributed by atoms with Crippen molar-refractivity contribution < 1.29 is 14.3 Å². The van der Waals surface area contributed by atoms with Gasteiger partial charge in [-0.3, -0.25) is 9.36 Å². The normalized spacial score (nSPS) is 17.9. The van der Waals surface area contributed by atoms with Crippen LogP contribution in [-0.2, 0) is 15.2 Å². The van der Waals surface area contributed by atoms with E-state index in [1.54, 1.807) is 0 Å². The van der Waals surface area contributed by atoms with Crippen LogP contribution in [0.25, 0.3) is 5.69 Å². The minimum atomic E-state index is -0.488. The number of aryl methyl sites for hydroxylation is 1. The number of amides is 1. The summed E-state index contributed by atoms with van der Waals surface area (Å²) in [4.78, 5) is 19.3. The second-order valence-corrected chi connectivity index (χ2v) is 9.98. The fourth-order valence-electron chi connectivity index (χ4n) is 3.95. The number of carbonyl (C=O) groups excluding carboxylic acids is 1. The molecule has 2 aromatic heterocycles. The molecule has 1 amide bonds. The number of carbonyl (C=O) groups is 1. The SMILES string of the molecule is Cc1nnc(SCc2nc(C(=O)N3CCC4(CC3)OCCO4)cs2)n1-c1cccc(Cl)c1. The number of rotatable bonds is 5. The molecule has 168 valence electrons. The summed E-state index contributed by atoms with van der Waals surface area (Å²) in [6.45, 7) is 4.39. The molecule has 8 nitrogen and oxygen atoms in total. The van der Waals surface area contributed by atoms with Crippen LogP contribution in [0.15, 0.2) is 34.8 Å². The average molecular weight is 492 g/mol. The molecule has 2 aliphatic heterocycles. The summed E-state index contributed by atoms with van der Waals surface area (Å²) in [5.41, 5.74) is 1.40. The van der Waals surface area contributed by atoms with Gasteiger partial charge < -0.3 is 14.4 Å². The van der Waals surface area contributed by atoms with Gasteiger partial charge in [0.05, 0.1) is 24.7 Å². The number of piperidine rings is 1. The second kappa shape index (κ2) is 9.11. The summed E-state index contributed by atoms with van der Waals surface area (Å²) in [6, 6.07) is 7.59. The Morgan fingerprint density at radius 1 is 1.25 bits per heavy atom. The average Bonchev–Trinajstić information content (AvgIpc) is 3.53. The van der Waals surface area contributed by atoms with Gasteiger partial charge in [-0.15, -0.1) is 21.5 Å². The number of nitrogens with zero attached hydrogens (tertiary/aromatic N) is 5. The van der Waals surface area contributed by atoms with Gasteiger partial charge in [0.25, 0.3) is 5.91 Å². The van der Waals surface area contributed by atoms with Crippen LogP contribution in [0.3, 0.4) is 0 Å². The first-order valence-corrected chi connectivity index (χ1v) is 12.6. The largest absolute Gasteiger partial charge is 0.347 e. The van der Waals surface area contributed by atoms with Gasteiger partial charge in [-0.05, 0) is 25.1 Å². The topological polar surface area (TPSA) is 82.4 Å². The maximum absolute atomic E-state index is 12.9. The van der Waals surface area contributed by atoms with Crippen molar-refractivity contribution in [3.05, 3.63) is 51.2 Å². The Morgan fingerprint density at radius 2 is 2.03 bits per heavy atom. The first-order valence-electron chi connectivity index (χ1n) is 10.4. The number of thioether (sulfide) groups is 1. The Kier molecular flexibility index (Phi) is 6.22. The zero-order chi connectivity index (χ0) is 22.1. The fourth-order valence-corrected chi connectivity index (χ4v) is 5.92. The van der Waals surface area contributed by atoms with Crippen molar-refractivity contribution in [3.8, 4) is 5.69 Å². The Bertz CT molecular complexity index is 1120. The molecule has 11 heteroatoms. The van der Waals surface area contributed by atoms with E-state index in [0.717, 1.165) is 21.7 Å². The van der Waals surface area contributed by atoms with Crippen molar-refractivity contribution in [2.45, 2.75) is 36.5 Å². The minimum Gasteiger partial charge on any atom is -0.347 e. The highest BCUT2D eigenvalue weighted by Gasteiger charge is 2.41. The van der Waals surface area contributed by atoms with Gasteiger partial charge in [0.1, 0.15) is 16.5 Å². The summed E-state index contributed by atoms with van der Waals surface area (Å²) in [5, 5.41) is 12.6. The molecule has 32 heavy (non-hydrogen) atoms. The molecule has 0 unspecified atom stereocenters. The van der Waals surface area contributed by atoms with Crippen molar-refractivity contribution in [2.24, 2.45) is 0 Å². The first-order chi connectivity index (χ1) is 15.5. The number of hydrogen-bond acceptors (Lipinski definition) is 8. The number of aromatic nitrogens is 4. The third-order valence-corrected chi connectivity index (χ3v) is 7.79. The van der Waals surface area contributed by atoms with E-state index in [0.29, 0.717) is 55.6 Å². The standard InChI is InChI=1S/C21H22ClN5O3S2/c1-14-24-25-20(27(14)16-4-2-3-15(22)11-16)32-13-18-23-17(12-31-18)19(28)26-7-5-21(6-8-26)29-9-10-30-21/h2-4,11-12H,5-10,13H2,1H3. The van der Waals surface area contributed by atoms with E-state index in [9.17, 15) is 4.79 Å². The van der Waals surface area contributed by atoms with Crippen molar-refractivity contribution in [1.82, 2.24) is 24.6 Å². The number of ether oxygens (including phenoxy) is 2. The van der Waals surface area contributed by atoms with Crippen LogP contribution < -0.4 is 0 Å². The zero-order valence-electron chi connectivity index (χ0n) is 17.5. The maximum Gasteiger partial charge on any atom is 0.273 e. The Morgan fingerprint density at radius 3 is 2.78 bits per heavy atom. The van der Waals surface area contributed by atoms with Gasteiger partial charge in [-0.1, -0.05) is 29.4 Å². The Labute approximate surface area is 198 Å². The van der Waals surface area contributed by atoms with Gasteiger partial charge in [-0.2, -0.15) is 0 Å². The lowest BCUT2D eigenvalue weighted by Gasteiger charge is -2.37. The predicted molar refractivity (Wildman–Crippen MR) is 123 cm³/mol. The summed E-state index contributed by atoms with van der Waals surface area (Å²) >= 11 is 9.17. The van der Waals surface area contributed by atoms with Gasteiger partial charge in [0.15, 0.2) is 10.9 Å². The Balaban J connectivity index is 1.23. The lowest BCUT2D eigenvalue weighted by molar-refractivity contribution is -0.181. The van der Waals surface area contributed by atoms with Gasteiger partial charge in [0.2, 0.25) is 0 Å². The van der Waals surface area contributed by atoms with Crippen molar-refractivity contribution >= 4 is 40.6 Å². The molecule has 0 radical (unpaired) electrons. The fraction of sp³-hybridized carbons (Fsp3) is 0.429. The molecule has 3 aromatic rings. The van der Waals surface area contributed by atoms with Gasteiger partial charge in [-0.25, -0.2) is 4.98 Å². The molecule has 1 aromatic carbocycles. The van der Waals surface area contributed by atoms with Crippen LogP contribution in [0, 0.1) is 6.92 Å². The molecule has 0 saturated carbocycles. The van der Waals surface area contributed by atoms with Crippen LogP contribution in [0.1, 0.15) is 34.2 Å². The minimum absolute atomic E-state index is 0.0386. The summed E-state index contributed by atoms with van der Waals surface area (Å²) in [5.74, 6) is 0.852. The summed E-state index contributed by atoms with van der Waals surface area (Å²) in [6.07, 6.45) is 1.40. The van der Waals surface area contributed by atoms with E-state index in [1.165, 1.54) is 23.1 Å². The summed E-state index contributed by atoms with van der Waals surface area (Å²) in [7, 11) is 0. The van der Waals surface area contributed by atoms with Gasteiger partial charge >= 0.3 is 0 Å². The monoisotopic (exact) mass is 491 g/mol. The predicted octanol–water partition coefficient (Wildman–Crippen LogP) is 3.96. The van der Waals surface area contributed by atoms with E-state index in [2.05, 4.69) is 15.2 Å². The molecule has 5 rings (SSSR count). The Hall–Kier alpha value is -1.98. The van der Waals surface area contributed by atoms with Crippen molar-refractivity contribution in [3.63, 3.8) is 0 Å². The molecule has 0 bridgehead atoms. The number of thiazole rings is 1. The third kappa shape index (κ3) is 4.42. The lowest BCUT2D eigenvalue weighted by Crippen LogP contribution is -2.47. The smallest absolute Gasteiger partial charge is 0.273 e. The van der Waals surface area contributed by atoms with E-state index >= 15 is 0 Å². The van der Waals surface area contributed by atoms with E-state index in [-0.39, 0.29) is 5.91 Å². The van der Waals surface area contributed by atoms with Crippen molar-refractivity contribution in [2.75, 3.05) is 26.3 Å². The number of likely N-dealkylation sites (tertiary alicyclic amines) is 1. The first kappa shape index (κ1) is 21.8. The van der Waals surface area contributed by atoms with Crippen LogP contribution in [0.5, 0.6) is 0 Å². The van der Waals surface area contributed by atoms with Crippen LogP contribution >= 0.6 is 34.7 Å². The summed E-state index contributed by atoms with van der Waals surface area (Å²) < 4.78 is 13.5.